The Labute approximate surface area is 72.6 Å². The second kappa shape index (κ2) is 4.98. The van der Waals surface area contributed by atoms with Gasteiger partial charge in [-0.05, 0) is 19.3 Å². The van der Waals surface area contributed by atoms with Gasteiger partial charge >= 0.3 is 6.03 Å². The molecule has 1 aliphatic rings. The number of rotatable bonds is 3. The molecule has 0 aromatic heterocycles. The monoisotopic (exact) mass is 172 g/mol. The zero-order valence-corrected chi connectivity index (χ0v) is 7.25. The fourth-order valence-corrected chi connectivity index (χ4v) is 1.31. The molecule has 1 saturated heterocycles. The van der Waals surface area contributed by atoms with Gasteiger partial charge in [0, 0.05) is 26.2 Å². The van der Waals surface area contributed by atoms with Gasteiger partial charge in [0.15, 0.2) is 0 Å². The Morgan fingerprint density at radius 1 is 1.42 bits per heavy atom. The molecule has 0 radical (unpaired) electrons. The first-order chi connectivity index (χ1) is 5.84. The standard InChI is InChI=1S/C8H16N2O2/c11-7-3-4-9-8(12)10-5-1-2-6-10/h11H,1-7H2,(H,9,12). The summed E-state index contributed by atoms with van der Waals surface area (Å²) in [4.78, 5) is 13.1. The Bertz CT molecular complexity index is 144. The largest absolute Gasteiger partial charge is 0.396 e. The molecule has 0 aromatic rings. The van der Waals surface area contributed by atoms with E-state index in [0.717, 1.165) is 25.9 Å². The average Bonchev–Trinajstić information content (AvgIpc) is 2.56. The Balaban J connectivity index is 2.10. The zero-order valence-electron chi connectivity index (χ0n) is 7.25. The molecule has 12 heavy (non-hydrogen) atoms. The summed E-state index contributed by atoms with van der Waals surface area (Å²) in [7, 11) is 0. The summed E-state index contributed by atoms with van der Waals surface area (Å²) in [6.45, 7) is 2.47. The Morgan fingerprint density at radius 3 is 2.67 bits per heavy atom. The molecule has 0 aliphatic carbocycles. The van der Waals surface area contributed by atoms with E-state index in [1.807, 2.05) is 4.90 Å². The van der Waals surface area contributed by atoms with E-state index in [1.54, 1.807) is 0 Å². The van der Waals surface area contributed by atoms with Crippen molar-refractivity contribution in [3.8, 4) is 0 Å². The number of nitrogens with one attached hydrogen (secondary N) is 1. The van der Waals surface area contributed by atoms with Crippen LogP contribution in [0, 0.1) is 0 Å². The lowest BCUT2D eigenvalue weighted by Gasteiger charge is -2.15. The molecule has 4 nitrogen and oxygen atoms in total. The van der Waals surface area contributed by atoms with Gasteiger partial charge in [0.05, 0.1) is 0 Å². The molecule has 0 aromatic carbocycles. The SMILES string of the molecule is O=C(NCCCO)N1CCCC1. The van der Waals surface area contributed by atoms with Gasteiger partial charge in [0.1, 0.15) is 0 Å². The van der Waals surface area contributed by atoms with Crippen molar-refractivity contribution in [2.24, 2.45) is 0 Å². The van der Waals surface area contributed by atoms with Crippen LogP contribution >= 0.6 is 0 Å². The molecule has 1 fully saturated rings. The molecule has 2 amide bonds. The van der Waals surface area contributed by atoms with Gasteiger partial charge in [-0.2, -0.15) is 0 Å². The summed E-state index contributed by atoms with van der Waals surface area (Å²) >= 11 is 0. The number of likely N-dealkylation sites (tertiary alicyclic amines) is 1. The highest BCUT2D eigenvalue weighted by molar-refractivity contribution is 5.74. The van der Waals surface area contributed by atoms with Crippen LogP contribution in [0.15, 0.2) is 0 Å². The highest BCUT2D eigenvalue weighted by atomic mass is 16.3. The van der Waals surface area contributed by atoms with E-state index in [0.29, 0.717) is 13.0 Å². The second-order valence-corrected chi connectivity index (χ2v) is 3.00. The molecule has 4 heteroatoms. The van der Waals surface area contributed by atoms with Gasteiger partial charge in [-0.3, -0.25) is 0 Å². The summed E-state index contributed by atoms with van der Waals surface area (Å²) in [6.07, 6.45) is 2.88. The van der Waals surface area contributed by atoms with Crippen LogP contribution in [0.1, 0.15) is 19.3 Å². The average molecular weight is 172 g/mol. The lowest BCUT2D eigenvalue weighted by molar-refractivity contribution is 0.207. The third-order valence-corrected chi connectivity index (χ3v) is 2.00. The van der Waals surface area contributed by atoms with E-state index >= 15 is 0 Å². The smallest absolute Gasteiger partial charge is 0.317 e. The van der Waals surface area contributed by atoms with Crippen LogP contribution in [-0.4, -0.2) is 42.3 Å². The maximum atomic E-state index is 11.3. The van der Waals surface area contributed by atoms with Crippen molar-refractivity contribution < 1.29 is 9.90 Å². The summed E-state index contributed by atoms with van der Waals surface area (Å²) in [5.41, 5.74) is 0. The molecule has 1 heterocycles. The topological polar surface area (TPSA) is 52.6 Å². The summed E-state index contributed by atoms with van der Waals surface area (Å²) in [5, 5.41) is 11.2. The fraction of sp³-hybridized carbons (Fsp3) is 0.875. The van der Waals surface area contributed by atoms with Crippen molar-refractivity contribution in [2.75, 3.05) is 26.2 Å². The number of urea groups is 1. The predicted octanol–water partition coefficient (Wildman–Crippen LogP) is 0.174. The number of aliphatic hydroxyl groups is 1. The van der Waals surface area contributed by atoms with E-state index in [9.17, 15) is 4.79 Å². The van der Waals surface area contributed by atoms with Gasteiger partial charge < -0.3 is 15.3 Å². The van der Waals surface area contributed by atoms with E-state index in [-0.39, 0.29) is 12.6 Å². The number of carbonyl (C=O) groups excluding carboxylic acids is 1. The lowest BCUT2D eigenvalue weighted by Crippen LogP contribution is -2.38. The predicted molar refractivity (Wildman–Crippen MR) is 45.9 cm³/mol. The normalized spacial score (nSPS) is 16.6. The number of aliphatic hydroxyl groups excluding tert-OH is 1. The van der Waals surface area contributed by atoms with E-state index in [2.05, 4.69) is 5.32 Å². The number of amides is 2. The minimum Gasteiger partial charge on any atom is -0.396 e. The van der Waals surface area contributed by atoms with Gasteiger partial charge in [-0.1, -0.05) is 0 Å². The quantitative estimate of drug-likeness (QED) is 0.596. The molecule has 0 unspecified atom stereocenters. The van der Waals surface area contributed by atoms with Gasteiger partial charge in [-0.15, -0.1) is 0 Å². The molecule has 0 bridgehead atoms. The first kappa shape index (κ1) is 9.32. The molecule has 0 atom stereocenters. The van der Waals surface area contributed by atoms with E-state index in [1.165, 1.54) is 0 Å². The van der Waals surface area contributed by atoms with Crippen molar-refractivity contribution in [2.45, 2.75) is 19.3 Å². The van der Waals surface area contributed by atoms with E-state index in [4.69, 9.17) is 5.11 Å². The maximum absolute atomic E-state index is 11.3. The molecular weight excluding hydrogens is 156 g/mol. The van der Waals surface area contributed by atoms with Gasteiger partial charge in [-0.25, -0.2) is 4.79 Å². The van der Waals surface area contributed by atoms with Crippen LogP contribution in [0.2, 0.25) is 0 Å². The maximum Gasteiger partial charge on any atom is 0.317 e. The first-order valence-electron chi connectivity index (χ1n) is 4.48. The van der Waals surface area contributed by atoms with Crippen LogP contribution < -0.4 is 5.32 Å². The van der Waals surface area contributed by atoms with Crippen LogP contribution in [-0.2, 0) is 0 Å². The van der Waals surface area contributed by atoms with Crippen molar-refractivity contribution in [1.29, 1.82) is 0 Å². The van der Waals surface area contributed by atoms with Crippen molar-refractivity contribution >= 4 is 6.03 Å². The van der Waals surface area contributed by atoms with Crippen LogP contribution in [0.25, 0.3) is 0 Å². The molecular formula is C8H16N2O2. The number of hydrogen-bond acceptors (Lipinski definition) is 2. The third-order valence-electron chi connectivity index (χ3n) is 2.00. The van der Waals surface area contributed by atoms with Crippen molar-refractivity contribution in [3.05, 3.63) is 0 Å². The van der Waals surface area contributed by atoms with Crippen molar-refractivity contribution in [1.82, 2.24) is 10.2 Å². The molecule has 2 N–H and O–H groups in total. The minimum atomic E-state index is 0.0148. The first-order valence-corrected chi connectivity index (χ1v) is 4.48. The zero-order chi connectivity index (χ0) is 8.81. The molecule has 1 rings (SSSR count). The van der Waals surface area contributed by atoms with Crippen molar-refractivity contribution in [3.63, 3.8) is 0 Å². The summed E-state index contributed by atoms with van der Waals surface area (Å²) in [6, 6.07) is 0.0148. The summed E-state index contributed by atoms with van der Waals surface area (Å²) < 4.78 is 0. The number of hydrogen-bond donors (Lipinski definition) is 2. The molecule has 1 aliphatic heterocycles. The Hall–Kier alpha value is -0.770. The van der Waals surface area contributed by atoms with Crippen LogP contribution in [0.3, 0.4) is 0 Å². The Kier molecular flexibility index (Phi) is 3.87. The Morgan fingerprint density at radius 2 is 2.08 bits per heavy atom. The lowest BCUT2D eigenvalue weighted by atomic mass is 10.4. The van der Waals surface area contributed by atoms with Gasteiger partial charge in [0.2, 0.25) is 0 Å². The summed E-state index contributed by atoms with van der Waals surface area (Å²) in [5.74, 6) is 0. The highest BCUT2D eigenvalue weighted by Gasteiger charge is 2.16. The molecule has 0 spiro atoms. The number of nitrogens with zero attached hydrogens (tertiary/aromatic N) is 1. The third kappa shape index (κ3) is 2.70. The number of carbonyl (C=O) groups is 1. The van der Waals surface area contributed by atoms with Crippen LogP contribution in [0.4, 0.5) is 4.79 Å². The minimum absolute atomic E-state index is 0.0148. The fourth-order valence-electron chi connectivity index (χ4n) is 1.31. The molecule has 70 valence electrons. The highest BCUT2D eigenvalue weighted by Crippen LogP contribution is 2.06. The second-order valence-electron chi connectivity index (χ2n) is 3.00. The molecule has 0 saturated carbocycles. The van der Waals surface area contributed by atoms with Gasteiger partial charge in [0.25, 0.3) is 0 Å². The van der Waals surface area contributed by atoms with E-state index < -0.39 is 0 Å². The van der Waals surface area contributed by atoms with Crippen LogP contribution in [0.5, 0.6) is 0 Å².